The molecule has 2 aromatic heterocycles. The molecule has 1 aliphatic carbocycles. The average molecular weight is 504 g/mol. The molecule has 1 aliphatic heterocycles. The van der Waals surface area contributed by atoms with Gasteiger partial charge in [0.25, 0.3) is 5.95 Å². The van der Waals surface area contributed by atoms with E-state index in [-0.39, 0.29) is 11.9 Å². The van der Waals surface area contributed by atoms with Gasteiger partial charge in [0, 0.05) is 12.0 Å². The zero-order valence-corrected chi connectivity index (χ0v) is 21.5. The highest BCUT2D eigenvalue weighted by Crippen LogP contribution is 2.42. The molecule has 0 radical (unpaired) electrons. The number of carbonyl (C=O) groups excluding carboxylic acids is 1. The maximum Gasteiger partial charge on any atom is 0.269 e. The van der Waals surface area contributed by atoms with Gasteiger partial charge >= 0.3 is 0 Å². The van der Waals surface area contributed by atoms with Crippen LogP contribution in [0.1, 0.15) is 81.7 Å². The van der Waals surface area contributed by atoms with Gasteiger partial charge in [-0.05, 0) is 68.6 Å². The summed E-state index contributed by atoms with van der Waals surface area (Å²) in [6.45, 7) is 6.00. The summed E-state index contributed by atoms with van der Waals surface area (Å²) in [4.78, 5) is 25.9. The number of anilines is 2. The first-order chi connectivity index (χ1) is 17.8. The third-order valence-corrected chi connectivity index (χ3v) is 7.34. The van der Waals surface area contributed by atoms with Crippen LogP contribution in [0.15, 0.2) is 29.3 Å². The summed E-state index contributed by atoms with van der Waals surface area (Å²) in [6, 6.07) is 8.66. The number of rotatable bonds is 7. The van der Waals surface area contributed by atoms with Gasteiger partial charge in [-0.3, -0.25) is 10.1 Å². The van der Waals surface area contributed by atoms with E-state index in [9.17, 15) is 4.79 Å². The van der Waals surface area contributed by atoms with Crippen LogP contribution in [0.4, 0.5) is 17.5 Å². The van der Waals surface area contributed by atoms with Crippen molar-refractivity contribution in [1.29, 1.82) is 0 Å². The minimum absolute atomic E-state index is 0.0671. The van der Waals surface area contributed by atoms with Crippen LogP contribution >= 0.6 is 0 Å². The van der Waals surface area contributed by atoms with Gasteiger partial charge in [-0.15, -0.1) is 5.10 Å². The lowest BCUT2D eigenvalue weighted by Crippen LogP contribution is -2.44. The average Bonchev–Trinajstić information content (AvgIpc) is 3.37. The number of hydrogen-bond donors (Lipinski definition) is 3. The third-order valence-electron chi connectivity index (χ3n) is 7.34. The maximum atomic E-state index is 12.3. The Morgan fingerprint density at radius 2 is 1.95 bits per heavy atom. The van der Waals surface area contributed by atoms with Crippen molar-refractivity contribution in [2.45, 2.75) is 77.2 Å². The van der Waals surface area contributed by atoms with E-state index in [1.807, 2.05) is 0 Å². The molecule has 1 atom stereocenters. The van der Waals surface area contributed by atoms with Crippen molar-refractivity contribution in [3.8, 4) is 5.88 Å². The van der Waals surface area contributed by atoms with Gasteiger partial charge < -0.3 is 10.5 Å². The number of hydrogen-bond acceptors (Lipinski definition) is 9. The number of carbonyl (C=O) groups is 1. The molecular weight excluding hydrogens is 470 g/mol. The van der Waals surface area contributed by atoms with Gasteiger partial charge in [0.05, 0.1) is 5.71 Å². The summed E-state index contributed by atoms with van der Waals surface area (Å²) < 4.78 is 6.40. The molecule has 37 heavy (non-hydrogen) atoms. The monoisotopic (exact) mass is 503 g/mol. The van der Waals surface area contributed by atoms with Gasteiger partial charge in [0.15, 0.2) is 17.1 Å². The summed E-state index contributed by atoms with van der Waals surface area (Å²) in [6.07, 6.45) is 6.35. The Kier molecular flexibility index (Phi) is 6.86. The lowest BCUT2D eigenvalue weighted by molar-refractivity contribution is -0.117. The summed E-state index contributed by atoms with van der Waals surface area (Å²) in [5, 5.41) is 16.0. The number of ether oxygens (including phenoxy) is 1. The van der Waals surface area contributed by atoms with Crippen molar-refractivity contribution in [2.24, 2.45) is 10.9 Å². The fourth-order valence-electron chi connectivity index (χ4n) is 5.51. The van der Waals surface area contributed by atoms with Crippen molar-refractivity contribution in [3.05, 3.63) is 41.2 Å². The highest BCUT2D eigenvalue weighted by Gasteiger charge is 2.39. The third kappa shape index (κ3) is 5.30. The number of tetrazole rings is 1. The zero-order valence-electron chi connectivity index (χ0n) is 21.5. The summed E-state index contributed by atoms with van der Waals surface area (Å²) in [7, 11) is 0. The Hall–Kier alpha value is -3.89. The van der Waals surface area contributed by atoms with Gasteiger partial charge in [0.2, 0.25) is 11.8 Å². The Morgan fingerprint density at radius 1 is 1.19 bits per heavy atom. The number of amides is 1. The molecule has 3 aromatic rings. The molecule has 0 saturated heterocycles. The molecule has 11 nitrogen and oxygen atoms in total. The van der Waals surface area contributed by atoms with Crippen LogP contribution in [0, 0.1) is 12.8 Å². The standard InChI is InChI=1S/C26H33N9O2/c1-4-13-26(3)22(31-21-23(27)28-15(2)29-24(21)37-26)19-11-9-18(10-12-19)17-7-5-16(6-8-17)14-20(36)30-25-32-34-35-33-25/h9-12,16-17H,4-8,13-14H2,1-3H3,(H2,27,28,29)(H2,30,32,33,34,35,36). The van der Waals surface area contributed by atoms with E-state index in [1.165, 1.54) is 5.56 Å². The molecule has 1 fully saturated rings. The number of nitrogens with one attached hydrogen (secondary N) is 2. The highest BCUT2D eigenvalue weighted by molar-refractivity contribution is 6.09. The van der Waals surface area contributed by atoms with Crippen LogP contribution in [0.3, 0.4) is 0 Å². The molecule has 5 rings (SSSR count). The number of benzene rings is 1. The first-order valence-corrected chi connectivity index (χ1v) is 12.9. The molecule has 1 aromatic carbocycles. The van der Waals surface area contributed by atoms with E-state index in [2.05, 4.69) is 74.0 Å². The molecule has 1 amide bonds. The van der Waals surface area contributed by atoms with E-state index in [0.717, 1.165) is 49.8 Å². The number of nitrogens with two attached hydrogens (primary N) is 1. The number of nitrogens with zero attached hydrogens (tertiary/aromatic N) is 6. The minimum Gasteiger partial charge on any atom is -0.463 e. The van der Waals surface area contributed by atoms with E-state index >= 15 is 0 Å². The van der Waals surface area contributed by atoms with Crippen molar-refractivity contribution in [3.63, 3.8) is 0 Å². The van der Waals surface area contributed by atoms with Gasteiger partial charge in [-0.1, -0.05) is 42.7 Å². The summed E-state index contributed by atoms with van der Waals surface area (Å²) in [5.41, 5.74) is 9.24. The first-order valence-electron chi connectivity index (χ1n) is 12.9. The van der Waals surface area contributed by atoms with Gasteiger partial charge in [0.1, 0.15) is 5.82 Å². The lowest BCUT2D eigenvalue weighted by atomic mass is 9.77. The maximum absolute atomic E-state index is 12.3. The number of aromatic amines is 1. The van der Waals surface area contributed by atoms with Crippen molar-refractivity contribution in [2.75, 3.05) is 11.1 Å². The normalized spacial score (nSPS) is 23.1. The molecule has 1 saturated carbocycles. The fraction of sp³-hybridized carbons (Fsp3) is 0.500. The second kappa shape index (κ2) is 10.2. The topological polar surface area (TPSA) is 157 Å². The second-order valence-electron chi connectivity index (χ2n) is 10.2. The van der Waals surface area contributed by atoms with E-state index in [0.29, 0.717) is 41.5 Å². The van der Waals surface area contributed by atoms with E-state index in [1.54, 1.807) is 6.92 Å². The number of nitrogen functional groups attached to an aromatic ring is 1. The first kappa shape index (κ1) is 24.8. The number of aryl methyl sites for hydroxylation is 1. The molecular formula is C26H33N9O2. The molecule has 11 heteroatoms. The number of aromatic nitrogens is 6. The van der Waals surface area contributed by atoms with E-state index in [4.69, 9.17) is 15.5 Å². The number of H-pyrrole nitrogens is 1. The predicted molar refractivity (Wildman–Crippen MR) is 140 cm³/mol. The minimum atomic E-state index is -0.601. The number of fused-ring (bicyclic) bond motifs is 1. The Balaban J connectivity index is 1.27. The Morgan fingerprint density at radius 3 is 2.62 bits per heavy atom. The van der Waals surface area contributed by atoms with Crippen LogP contribution in [-0.4, -0.2) is 47.8 Å². The quantitative estimate of drug-likeness (QED) is 0.432. The SMILES string of the molecule is CCCC1(C)Oc2nc(C)nc(N)c2N=C1c1ccc(C2CCC(CC(=O)Nc3nn[nH]n3)CC2)cc1. The molecule has 1 unspecified atom stereocenters. The lowest BCUT2D eigenvalue weighted by Gasteiger charge is -2.35. The molecule has 0 bridgehead atoms. The summed E-state index contributed by atoms with van der Waals surface area (Å²) in [5.74, 6) is 2.34. The molecule has 194 valence electrons. The molecule has 2 aliphatic rings. The fourth-order valence-corrected chi connectivity index (χ4v) is 5.51. The Bertz CT molecular complexity index is 1280. The van der Waals surface area contributed by atoms with Crippen molar-refractivity contribution in [1.82, 2.24) is 30.6 Å². The van der Waals surface area contributed by atoms with E-state index < -0.39 is 5.60 Å². The largest absolute Gasteiger partial charge is 0.463 e. The van der Waals surface area contributed by atoms with Crippen molar-refractivity contribution >= 4 is 29.1 Å². The second-order valence-corrected chi connectivity index (χ2v) is 10.2. The van der Waals surface area contributed by atoms with Gasteiger partial charge in [-0.25, -0.2) is 9.98 Å². The van der Waals surface area contributed by atoms with Crippen LogP contribution < -0.4 is 15.8 Å². The van der Waals surface area contributed by atoms with Gasteiger partial charge in [-0.2, -0.15) is 10.2 Å². The van der Waals surface area contributed by atoms with Crippen LogP contribution in [0.5, 0.6) is 5.88 Å². The highest BCUT2D eigenvalue weighted by atomic mass is 16.5. The van der Waals surface area contributed by atoms with Crippen molar-refractivity contribution < 1.29 is 9.53 Å². The summed E-state index contributed by atoms with van der Waals surface area (Å²) >= 11 is 0. The zero-order chi connectivity index (χ0) is 26.0. The smallest absolute Gasteiger partial charge is 0.269 e. The Labute approximate surface area is 215 Å². The number of aliphatic imine (C=N–C) groups is 1. The van der Waals surface area contributed by atoms with Crippen LogP contribution in [-0.2, 0) is 4.79 Å². The molecule has 3 heterocycles. The van der Waals surface area contributed by atoms with Crippen LogP contribution in [0.2, 0.25) is 0 Å². The molecule has 4 N–H and O–H groups in total. The van der Waals surface area contributed by atoms with Crippen LogP contribution in [0.25, 0.3) is 0 Å². The predicted octanol–water partition coefficient (Wildman–Crippen LogP) is 4.25. The molecule has 0 spiro atoms.